The number of aliphatic hydroxyl groups is 2. The van der Waals surface area contributed by atoms with Crippen LogP contribution in [0.4, 0.5) is 0 Å². The van der Waals surface area contributed by atoms with Crippen LogP contribution >= 0.6 is 0 Å². The molecule has 35 nitrogen and oxygen atoms in total. The third-order valence-corrected chi connectivity index (χ3v) is 17.7. The van der Waals surface area contributed by atoms with Crippen molar-refractivity contribution < 1.29 is 102 Å². The van der Waals surface area contributed by atoms with Crippen molar-refractivity contribution in [3.05, 3.63) is 89.5 Å². The topological polar surface area (TPSA) is 566 Å². The fourth-order valence-electron chi connectivity index (χ4n) is 11.3. The third-order valence-electron chi connectivity index (χ3n) is 17.7. The zero-order valence-electron chi connectivity index (χ0n) is 59.4. The first kappa shape index (κ1) is 85.1. The van der Waals surface area contributed by atoms with Crippen LogP contribution < -0.4 is 75.3 Å². The molecule has 5 rings (SSSR count). The van der Waals surface area contributed by atoms with E-state index in [0.29, 0.717) is 36.1 Å². The summed E-state index contributed by atoms with van der Waals surface area (Å²) in [6, 6.07) is -3.01. The van der Waals surface area contributed by atoms with E-state index >= 15 is 4.79 Å². The van der Waals surface area contributed by atoms with Crippen LogP contribution in [0.3, 0.4) is 0 Å². The average molecular weight is 1470 g/mol. The van der Waals surface area contributed by atoms with Crippen LogP contribution in [0.15, 0.2) is 72.8 Å². The van der Waals surface area contributed by atoms with Crippen molar-refractivity contribution >= 4 is 82.8 Å². The standard InChI is InChI=1S/C70H100N14O21/c1-7-36(4)57-70(104)105-34-45(89)33-53(80-65(99)50(30-39-12-18-42(86)19-13-39)79-62(96)48(24-26-54(72)90)76-60(94)46-11-9-29-73-46)67(101)82-56(35(2)3)68(102)77-49(25-27-55(91)92)63(97)84-58(38(6)85)69(103)81-51(31-40-14-20-43(87)21-15-40)64(98)75-47(10-8-28-71)61(95)74-37(5)59(93)78-52(66(100)83-57)32-41-16-22-44(88)23-17-41/h12-23,35-38,45-53,56-58,73,85-89H,7-11,24-34,71H2,1-6H3,(H2,72,90)(H,74,95)(H,75,98)(H,76,94)(H,77,102)(H,78,93)(H,79,96)(H,80,99)(H,81,103)(H,82,101)(H,83,100)(H,84,97)(H,91,92). The van der Waals surface area contributed by atoms with Crippen LogP contribution in [-0.4, -0.2) is 218 Å². The highest BCUT2D eigenvalue weighted by molar-refractivity contribution is 6.00. The number of carbonyl (C=O) groups is 14. The Labute approximate surface area is 606 Å². The number of amides is 12. The van der Waals surface area contributed by atoms with E-state index in [-0.39, 0.29) is 62.3 Å². The van der Waals surface area contributed by atoms with E-state index in [1.165, 1.54) is 93.6 Å². The molecule has 2 fully saturated rings. The number of aromatic hydroxyl groups is 3. The Balaban J connectivity index is 1.63. The number of carbonyl (C=O) groups excluding carboxylic acids is 13. The summed E-state index contributed by atoms with van der Waals surface area (Å²) in [5.41, 5.74) is 12.3. The van der Waals surface area contributed by atoms with Gasteiger partial charge >= 0.3 is 11.9 Å². The van der Waals surface area contributed by atoms with Crippen molar-refractivity contribution in [3.8, 4) is 17.2 Å². The summed E-state index contributed by atoms with van der Waals surface area (Å²) in [6.45, 7) is 7.99. The molecule has 12 amide bonds. The number of cyclic esters (lactones) is 1. The second-order valence-electron chi connectivity index (χ2n) is 26.6. The van der Waals surface area contributed by atoms with Crippen LogP contribution in [-0.2, 0) is 91.1 Å². The van der Waals surface area contributed by atoms with Crippen LogP contribution in [0.1, 0.15) is 122 Å². The number of carboxylic acid groups (broad SMARTS) is 1. The van der Waals surface area contributed by atoms with Gasteiger partial charge in [0.1, 0.15) is 90.3 Å². The summed E-state index contributed by atoms with van der Waals surface area (Å²) in [7, 11) is 0. The number of hydrogen-bond acceptors (Lipinski definition) is 22. The Morgan fingerprint density at radius 2 is 1.09 bits per heavy atom. The Hall–Kier alpha value is -10.5. The number of carboxylic acids is 1. The van der Waals surface area contributed by atoms with Gasteiger partial charge in [-0.2, -0.15) is 0 Å². The molecule has 0 bridgehead atoms. The number of aliphatic carboxylic acids is 1. The molecule has 2 aliphatic heterocycles. The first-order valence-electron chi connectivity index (χ1n) is 34.8. The van der Waals surface area contributed by atoms with E-state index in [0.717, 1.165) is 6.92 Å². The number of nitrogens with two attached hydrogens (primary N) is 2. The number of nitrogens with one attached hydrogen (secondary N) is 12. The van der Waals surface area contributed by atoms with E-state index in [4.69, 9.17) is 16.2 Å². The number of rotatable bonds is 25. The maximum atomic E-state index is 15.0. The predicted molar refractivity (Wildman–Crippen MR) is 375 cm³/mol. The lowest BCUT2D eigenvalue weighted by Gasteiger charge is -2.30. The average Bonchev–Trinajstić information content (AvgIpc) is 0.970. The molecule has 2 aliphatic rings. The van der Waals surface area contributed by atoms with E-state index in [1.54, 1.807) is 13.8 Å². The van der Waals surface area contributed by atoms with Crippen molar-refractivity contribution in [1.29, 1.82) is 0 Å². The Kier molecular flexibility index (Phi) is 33.8. The first-order valence-corrected chi connectivity index (χ1v) is 34.8. The minimum atomic E-state index is -2.00. The van der Waals surface area contributed by atoms with Gasteiger partial charge in [-0.3, -0.25) is 62.3 Å². The second-order valence-corrected chi connectivity index (χ2v) is 26.6. The lowest BCUT2D eigenvalue weighted by atomic mass is 9.97. The zero-order chi connectivity index (χ0) is 77.8. The van der Waals surface area contributed by atoms with Crippen molar-refractivity contribution in [2.75, 3.05) is 19.7 Å². The van der Waals surface area contributed by atoms with Crippen LogP contribution in [0.2, 0.25) is 0 Å². The van der Waals surface area contributed by atoms with Crippen LogP contribution in [0.5, 0.6) is 17.2 Å². The highest BCUT2D eigenvalue weighted by Crippen LogP contribution is 2.19. The molecule has 3 aromatic rings. The molecule has 35 heteroatoms. The molecule has 0 spiro atoms. The molecule has 0 aromatic heterocycles. The van der Waals surface area contributed by atoms with E-state index in [1.807, 2.05) is 0 Å². The molecule has 15 atom stereocenters. The molecule has 3 aromatic carbocycles. The quantitative estimate of drug-likeness (QED) is 0.0362. The molecule has 15 unspecified atom stereocenters. The molecule has 0 saturated carbocycles. The largest absolute Gasteiger partial charge is 0.508 e. The fraction of sp³-hybridized carbons (Fsp3) is 0.543. The Bertz CT molecular complexity index is 3500. The van der Waals surface area contributed by atoms with Crippen LogP contribution in [0, 0.1) is 11.8 Å². The third kappa shape index (κ3) is 27.9. The smallest absolute Gasteiger partial charge is 0.329 e. The molecule has 576 valence electrons. The lowest BCUT2D eigenvalue weighted by Crippen LogP contribution is -2.63. The maximum absolute atomic E-state index is 15.0. The number of phenolic OH excluding ortho intramolecular Hbond substituents is 3. The zero-order valence-corrected chi connectivity index (χ0v) is 59.4. The lowest BCUT2D eigenvalue weighted by molar-refractivity contribution is -0.153. The summed E-state index contributed by atoms with van der Waals surface area (Å²) in [6.07, 6.45) is -6.70. The van der Waals surface area contributed by atoms with Crippen molar-refractivity contribution in [2.24, 2.45) is 23.3 Å². The van der Waals surface area contributed by atoms with Gasteiger partial charge < -0.3 is 111 Å². The van der Waals surface area contributed by atoms with Crippen molar-refractivity contribution in [1.82, 2.24) is 63.8 Å². The molecule has 2 heterocycles. The molecule has 0 radical (unpaired) electrons. The number of primary amides is 1. The van der Waals surface area contributed by atoms with Crippen molar-refractivity contribution in [3.63, 3.8) is 0 Å². The van der Waals surface area contributed by atoms with Gasteiger partial charge in [0.05, 0.1) is 18.2 Å². The minimum Gasteiger partial charge on any atom is -0.508 e. The number of hydrogen-bond donors (Lipinski definition) is 20. The van der Waals surface area contributed by atoms with Gasteiger partial charge in [0, 0.05) is 38.5 Å². The highest BCUT2D eigenvalue weighted by Gasteiger charge is 2.40. The molecule has 0 aliphatic carbocycles. The number of benzene rings is 3. The molecular formula is C70H100N14O21. The van der Waals surface area contributed by atoms with Gasteiger partial charge in [-0.1, -0.05) is 70.5 Å². The number of ether oxygens (including phenoxy) is 1. The highest BCUT2D eigenvalue weighted by atomic mass is 16.5. The van der Waals surface area contributed by atoms with E-state index in [9.17, 15) is 93.0 Å². The van der Waals surface area contributed by atoms with E-state index in [2.05, 4.69) is 63.8 Å². The summed E-state index contributed by atoms with van der Waals surface area (Å²) < 4.78 is 5.62. The second kappa shape index (κ2) is 41.7. The summed E-state index contributed by atoms with van der Waals surface area (Å²) in [5.74, 6) is -17.3. The molecular weight excluding hydrogens is 1370 g/mol. The van der Waals surface area contributed by atoms with Gasteiger partial charge in [-0.25, -0.2) is 4.79 Å². The van der Waals surface area contributed by atoms with Gasteiger partial charge in [-0.05, 0) is 130 Å². The van der Waals surface area contributed by atoms with Crippen molar-refractivity contribution in [2.45, 2.75) is 210 Å². The normalized spacial score (nSPS) is 24.4. The first-order chi connectivity index (χ1) is 49.7. The van der Waals surface area contributed by atoms with Gasteiger partial charge in [0.15, 0.2) is 0 Å². The Morgan fingerprint density at radius 3 is 1.61 bits per heavy atom. The number of esters is 1. The summed E-state index contributed by atoms with van der Waals surface area (Å²) in [4.78, 5) is 197. The SMILES string of the molecule is CCC(C)C1NC(=O)C(Cc2ccc(O)cc2)NC(=O)C(C)NC(=O)C(CCCN)NC(=O)C(Cc2ccc(O)cc2)NC(=O)C(C(C)O)NC(=O)C(CCC(=O)O)NC(=O)C(C(C)C)NC(=O)C(NC(=O)C(Cc2ccc(O)cc2)NC(=O)C(CCC(N)=O)NC(=O)C2CCCN2)CC(O)COC1=O. The van der Waals surface area contributed by atoms with E-state index < -0.39 is 218 Å². The molecule has 22 N–H and O–H groups in total. The molecule has 2 saturated heterocycles. The van der Waals surface area contributed by atoms with Gasteiger partial charge in [0.25, 0.3) is 0 Å². The molecule has 105 heavy (non-hydrogen) atoms. The van der Waals surface area contributed by atoms with Gasteiger partial charge in [-0.15, -0.1) is 0 Å². The monoisotopic (exact) mass is 1470 g/mol. The summed E-state index contributed by atoms with van der Waals surface area (Å²) >= 11 is 0. The predicted octanol–water partition coefficient (Wildman–Crippen LogP) is -3.80. The summed E-state index contributed by atoms with van der Waals surface area (Å²) in [5, 5.41) is 93.7. The fourth-order valence-corrected chi connectivity index (χ4v) is 11.3. The Morgan fingerprint density at radius 1 is 0.590 bits per heavy atom. The number of aliphatic hydroxyl groups excluding tert-OH is 2. The van der Waals surface area contributed by atoms with Crippen LogP contribution in [0.25, 0.3) is 0 Å². The maximum Gasteiger partial charge on any atom is 0.329 e. The minimum absolute atomic E-state index is 0.00227. The van der Waals surface area contributed by atoms with Gasteiger partial charge in [0.2, 0.25) is 70.9 Å². The number of phenols is 3.